The van der Waals surface area contributed by atoms with Gasteiger partial charge in [-0.05, 0) is 25.0 Å². The van der Waals surface area contributed by atoms with Gasteiger partial charge in [0.15, 0.2) is 0 Å². The highest BCUT2D eigenvalue weighted by Crippen LogP contribution is 2.23. The van der Waals surface area contributed by atoms with E-state index in [1.807, 2.05) is 12.1 Å². The molecule has 1 fully saturated rings. The maximum Gasteiger partial charge on any atom is 0.261 e. The number of hydrogen-bond donors (Lipinski definition) is 1. The fourth-order valence-corrected chi connectivity index (χ4v) is 4.30. The topological polar surface area (TPSA) is 58.6 Å². The summed E-state index contributed by atoms with van der Waals surface area (Å²) in [6.07, 6.45) is 13.9. The largest absolute Gasteiger partial charge is 0.376 e. The zero-order chi connectivity index (χ0) is 20.3. The molecule has 0 bridgehead atoms. The zero-order valence-electron chi connectivity index (χ0n) is 17.7. The smallest absolute Gasteiger partial charge is 0.261 e. The summed E-state index contributed by atoms with van der Waals surface area (Å²) >= 11 is 0. The number of nitrogens with zero attached hydrogens (tertiary/aromatic N) is 1. The van der Waals surface area contributed by atoms with Gasteiger partial charge < -0.3 is 10.1 Å². The van der Waals surface area contributed by atoms with Gasteiger partial charge in [0.25, 0.3) is 11.8 Å². The van der Waals surface area contributed by atoms with Crippen molar-refractivity contribution in [3.8, 4) is 0 Å². The van der Waals surface area contributed by atoms with Crippen LogP contribution in [0.5, 0.6) is 0 Å². The van der Waals surface area contributed by atoms with Crippen molar-refractivity contribution in [1.82, 2.24) is 10.2 Å². The van der Waals surface area contributed by atoms with E-state index in [1.165, 1.54) is 62.7 Å². The molecule has 1 N–H and O–H groups in total. The molecular formula is C24H36N2O3. The minimum atomic E-state index is -0.128. The van der Waals surface area contributed by atoms with E-state index in [4.69, 9.17) is 4.74 Å². The lowest BCUT2D eigenvalue weighted by atomic mass is 10.0. The normalized spacial score (nSPS) is 19.0. The summed E-state index contributed by atoms with van der Waals surface area (Å²) in [6.45, 7) is 3.43. The Bertz CT molecular complexity index is 620. The number of nitrogens with one attached hydrogen (secondary N) is 1. The lowest BCUT2D eigenvalue weighted by molar-refractivity contribution is 0.0220. The molecule has 2 aliphatic heterocycles. The third-order valence-corrected chi connectivity index (χ3v) is 6.04. The SMILES string of the molecule is O=C1c2ccccc2C(=O)N1CCCCCCCCCCCCC1CNCCO1. The highest BCUT2D eigenvalue weighted by atomic mass is 16.5. The van der Waals surface area contributed by atoms with Crippen LogP contribution in [0.1, 0.15) is 91.3 Å². The maximum atomic E-state index is 12.3. The third-order valence-electron chi connectivity index (χ3n) is 6.04. The Morgan fingerprint density at radius 1 is 0.828 bits per heavy atom. The van der Waals surface area contributed by atoms with Crippen LogP contribution in [0.2, 0.25) is 0 Å². The van der Waals surface area contributed by atoms with Crippen LogP contribution in [-0.2, 0) is 4.74 Å². The predicted octanol–water partition coefficient (Wildman–Crippen LogP) is 4.56. The number of amides is 2. The number of carbonyl (C=O) groups is 2. The summed E-state index contributed by atoms with van der Waals surface area (Å²) in [5.74, 6) is -0.256. The molecule has 0 saturated carbocycles. The molecule has 1 aromatic rings. The van der Waals surface area contributed by atoms with E-state index in [2.05, 4.69) is 5.32 Å². The van der Waals surface area contributed by atoms with Gasteiger partial charge in [-0.15, -0.1) is 0 Å². The van der Waals surface area contributed by atoms with Crippen molar-refractivity contribution in [2.45, 2.75) is 76.7 Å². The van der Waals surface area contributed by atoms with E-state index in [0.717, 1.165) is 32.5 Å². The highest BCUT2D eigenvalue weighted by Gasteiger charge is 2.34. The van der Waals surface area contributed by atoms with Crippen LogP contribution >= 0.6 is 0 Å². The Labute approximate surface area is 175 Å². The first kappa shape index (κ1) is 22.0. The monoisotopic (exact) mass is 400 g/mol. The fourth-order valence-electron chi connectivity index (χ4n) is 4.30. The van der Waals surface area contributed by atoms with Gasteiger partial charge in [-0.25, -0.2) is 0 Å². The Kier molecular flexibility index (Phi) is 9.16. The molecule has 2 heterocycles. The summed E-state index contributed by atoms with van der Waals surface area (Å²) in [7, 11) is 0. The fraction of sp³-hybridized carbons (Fsp3) is 0.667. The number of imide groups is 1. The van der Waals surface area contributed by atoms with Crippen molar-refractivity contribution in [2.75, 3.05) is 26.2 Å². The van der Waals surface area contributed by atoms with Crippen molar-refractivity contribution < 1.29 is 14.3 Å². The van der Waals surface area contributed by atoms with Gasteiger partial charge in [0.1, 0.15) is 0 Å². The lowest BCUT2D eigenvalue weighted by Gasteiger charge is -2.23. The number of ether oxygens (including phenoxy) is 1. The molecule has 2 aliphatic rings. The summed E-state index contributed by atoms with van der Waals surface area (Å²) in [5, 5.41) is 3.39. The minimum absolute atomic E-state index is 0.128. The Balaban J connectivity index is 1.13. The van der Waals surface area contributed by atoms with E-state index in [1.54, 1.807) is 12.1 Å². The van der Waals surface area contributed by atoms with Crippen LogP contribution in [-0.4, -0.2) is 49.1 Å². The second-order valence-electron chi connectivity index (χ2n) is 8.33. The molecule has 5 nitrogen and oxygen atoms in total. The average molecular weight is 401 g/mol. The van der Waals surface area contributed by atoms with Crippen LogP contribution < -0.4 is 5.32 Å². The van der Waals surface area contributed by atoms with Crippen molar-refractivity contribution >= 4 is 11.8 Å². The molecule has 1 unspecified atom stereocenters. The number of fused-ring (bicyclic) bond motifs is 1. The molecule has 3 rings (SSSR count). The van der Waals surface area contributed by atoms with E-state index in [0.29, 0.717) is 23.8 Å². The molecule has 0 aromatic heterocycles. The van der Waals surface area contributed by atoms with Gasteiger partial charge in [0.05, 0.1) is 23.8 Å². The maximum absolute atomic E-state index is 12.3. The Morgan fingerprint density at radius 2 is 1.38 bits per heavy atom. The van der Waals surface area contributed by atoms with Gasteiger partial charge in [-0.1, -0.05) is 69.9 Å². The van der Waals surface area contributed by atoms with Gasteiger partial charge in [0, 0.05) is 19.6 Å². The second-order valence-corrected chi connectivity index (χ2v) is 8.33. The van der Waals surface area contributed by atoms with E-state index in [-0.39, 0.29) is 11.8 Å². The van der Waals surface area contributed by atoms with Crippen LogP contribution in [0.4, 0.5) is 0 Å². The van der Waals surface area contributed by atoms with Gasteiger partial charge in [-0.2, -0.15) is 0 Å². The molecule has 5 heteroatoms. The number of carbonyl (C=O) groups excluding carboxylic acids is 2. The Hall–Kier alpha value is -1.72. The zero-order valence-corrected chi connectivity index (χ0v) is 17.7. The molecule has 1 saturated heterocycles. The first-order chi connectivity index (χ1) is 14.3. The molecule has 0 spiro atoms. The van der Waals surface area contributed by atoms with E-state index < -0.39 is 0 Å². The molecular weight excluding hydrogens is 364 g/mol. The molecule has 1 atom stereocenters. The van der Waals surface area contributed by atoms with Gasteiger partial charge in [-0.3, -0.25) is 14.5 Å². The highest BCUT2D eigenvalue weighted by molar-refractivity contribution is 6.21. The molecule has 0 aliphatic carbocycles. The molecule has 160 valence electrons. The number of rotatable bonds is 13. The predicted molar refractivity (Wildman–Crippen MR) is 115 cm³/mol. The Morgan fingerprint density at radius 3 is 1.93 bits per heavy atom. The van der Waals surface area contributed by atoms with E-state index >= 15 is 0 Å². The average Bonchev–Trinajstić information content (AvgIpc) is 3.00. The van der Waals surface area contributed by atoms with Crippen LogP contribution in [0, 0.1) is 0 Å². The molecule has 0 radical (unpaired) electrons. The first-order valence-corrected chi connectivity index (χ1v) is 11.5. The summed E-state index contributed by atoms with van der Waals surface area (Å²) in [4.78, 5) is 26.0. The lowest BCUT2D eigenvalue weighted by Crippen LogP contribution is -2.38. The molecule has 1 aromatic carbocycles. The van der Waals surface area contributed by atoms with Crippen molar-refractivity contribution in [3.05, 3.63) is 35.4 Å². The van der Waals surface area contributed by atoms with Gasteiger partial charge >= 0.3 is 0 Å². The van der Waals surface area contributed by atoms with Crippen LogP contribution in [0.3, 0.4) is 0 Å². The second kappa shape index (κ2) is 12.1. The van der Waals surface area contributed by atoms with E-state index in [9.17, 15) is 9.59 Å². The summed E-state index contributed by atoms with van der Waals surface area (Å²) in [6, 6.07) is 7.12. The number of unbranched alkanes of at least 4 members (excludes halogenated alkanes) is 9. The number of morpholine rings is 1. The summed E-state index contributed by atoms with van der Waals surface area (Å²) < 4.78 is 5.73. The minimum Gasteiger partial charge on any atom is -0.376 e. The third kappa shape index (κ3) is 6.65. The van der Waals surface area contributed by atoms with Crippen molar-refractivity contribution in [2.24, 2.45) is 0 Å². The molecule has 29 heavy (non-hydrogen) atoms. The summed E-state index contributed by atoms with van der Waals surface area (Å²) in [5.41, 5.74) is 1.11. The van der Waals surface area contributed by atoms with Crippen molar-refractivity contribution in [1.29, 1.82) is 0 Å². The van der Waals surface area contributed by atoms with Crippen LogP contribution in [0.25, 0.3) is 0 Å². The van der Waals surface area contributed by atoms with Crippen LogP contribution in [0.15, 0.2) is 24.3 Å². The van der Waals surface area contributed by atoms with Gasteiger partial charge in [0.2, 0.25) is 0 Å². The van der Waals surface area contributed by atoms with Crippen molar-refractivity contribution in [3.63, 3.8) is 0 Å². The first-order valence-electron chi connectivity index (χ1n) is 11.5. The quantitative estimate of drug-likeness (QED) is 0.389. The number of hydrogen-bond acceptors (Lipinski definition) is 4. The number of benzene rings is 1. The standard InChI is InChI=1S/C24H36N2O3/c27-23-21-14-10-11-15-22(21)24(28)26(23)17-12-8-6-4-2-1-3-5-7-9-13-20-19-25-16-18-29-20/h10-11,14-15,20,25H,1-9,12-13,16-19H2. The molecule has 2 amide bonds.